The lowest BCUT2D eigenvalue weighted by Crippen LogP contribution is -2.43. The minimum Gasteiger partial charge on any atom is -0.396 e. The lowest BCUT2D eigenvalue weighted by Gasteiger charge is -2.38. The quantitative estimate of drug-likeness (QED) is 0.938. The van der Waals surface area contributed by atoms with Crippen molar-refractivity contribution < 1.29 is 9.63 Å². The number of aromatic nitrogens is 2. The molecule has 1 aromatic carbocycles. The van der Waals surface area contributed by atoms with E-state index in [0.29, 0.717) is 23.3 Å². The molecule has 2 aromatic rings. The minimum absolute atomic E-state index is 0.0300. The molecule has 22 heavy (non-hydrogen) atoms. The smallest absolute Gasteiger partial charge is 0.258 e. The highest BCUT2D eigenvalue weighted by atomic mass is 35.5. The summed E-state index contributed by atoms with van der Waals surface area (Å²) in [5.74, 6) is 1.15. The van der Waals surface area contributed by atoms with Crippen molar-refractivity contribution in [1.82, 2.24) is 15.0 Å². The Morgan fingerprint density at radius 3 is 3.09 bits per heavy atom. The molecule has 0 spiro atoms. The van der Waals surface area contributed by atoms with Gasteiger partial charge < -0.3 is 9.63 Å². The van der Waals surface area contributed by atoms with Crippen LogP contribution < -0.4 is 0 Å². The van der Waals surface area contributed by atoms with Gasteiger partial charge in [-0.3, -0.25) is 4.90 Å². The highest BCUT2D eigenvalue weighted by Gasteiger charge is 2.30. The van der Waals surface area contributed by atoms with E-state index in [1.807, 2.05) is 24.3 Å². The average molecular weight is 322 g/mol. The molecule has 5 nitrogen and oxygen atoms in total. The molecule has 1 fully saturated rings. The lowest BCUT2D eigenvalue weighted by atomic mass is 9.83. The summed E-state index contributed by atoms with van der Waals surface area (Å²) < 4.78 is 5.33. The predicted octanol–water partition coefficient (Wildman–Crippen LogP) is 2.98. The zero-order valence-electron chi connectivity index (χ0n) is 12.6. The Balaban J connectivity index is 1.69. The second kappa shape index (κ2) is 6.36. The van der Waals surface area contributed by atoms with E-state index >= 15 is 0 Å². The predicted molar refractivity (Wildman–Crippen MR) is 84.4 cm³/mol. The van der Waals surface area contributed by atoms with E-state index in [-0.39, 0.29) is 12.0 Å². The number of likely N-dealkylation sites (tertiary alicyclic amines) is 1. The van der Waals surface area contributed by atoms with Gasteiger partial charge in [0.2, 0.25) is 0 Å². The molecule has 0 radical (unpaired) electrons. The molecule has 0 aliphatic carbocycles. The second-order valence-corrected chi connectivity index (χ2v) is 6.75. The van der Waals surface area contributed by atoms with E-state index in [1.165, 1.54) is 0 Å². The molecule has 118 valence electrons. The Morgan fingerprint density at radius 2 is 2.32 bits per heavy atom. The molecule has 1 N–H and O–H groups in total. The van der Waals surface area contributed by atoms with Gasteiger partial charge in [0.05, 0.1) is 6.54 Å². The number of piperidine rings is 1. The molecular formula is C16H20ClN3O2. The van der Waals surface area contributed by atoms with Crippen molar-refractivity contribution >= 4 is 11.6 Å². The first-order valence-electron chi connectivity index (χ1n) is 7.50. The number of hydrogen-bond donors (Lipinski definition) is 1. The molecule has 1 aliphatic rings. The Kier molecular flexibility index (Phi) is 4.47. The van der Waals surface area contributed by atoms with Gasteiger partial charge in [-0.05, 0) is 37.6 Å². The van der Waals surface area contributed by atoms with Crippen LogP contribution in [0, 0.1) is 5.41 Å². The van der Waals surface area contributed by atoms with Crippen LogP contribution in [0.25, 0.3) is 11.5 Å². The Morgan fingerprint density at radius 1 is 1.45 bits per heavy atom. The fraction of sp³-hybridized carbons (Fsp3) is 0.500. The van der Waals surface area contributed by atoms with E-state index in [0.717, 1.165) is 31.5 Å². The average Bonchev–Trinajstić information content (AvgIpc) is 2.96. The van der Waals surface area contributed by atoms with Crippen molar-refractivity contribution in [2.75, 3.05) is 19.7 Å². The first-order valence-corrected chi connectivity index (χ1v) is 7.87. The third kappa shape index (κ3) is 3.48. The molecule has 1 atom stereocenters. The van der Waals surface area contributed by atoms with Crippen molar-refractivity contribution in [3.63, 3.8) is 0 Å². The summed E-state index contributed by atoms with van der Waals surface area (Å²) in [5.41, 5.74) is 0.794. The number of aliphatic hydroxyl groups excluding tert-OH is 1. The van der Waals surface area contributed by atoms with Gasteiger partial charge in [-0.25, -0.2) is 0 Å². The van der Waals surface area contributed by atoms with Crippen molar-refractivity contribution in [3.8, 4) is 11.5 Å². The van der Waals surface area contributed by atoms with Crippen LogP contribution >= 0.6 is 11.6 Å². The van der Waals surface area contributed by atoms with Gasteiger partial charge in [0.25, 0.3) is 5.89 Å². The lowest BCUT2D eigenvalue weighted by molar-refractivity contribution is 0.0414. The standard InChI is InChI=1S/C16H20ClN3O2/c1-16(11-21)6-3-7-20(10-16)9-14-18-15(22-19-14)12-4-2-5-13(17)8-12/h2,4-5,8,21H,3,6-7,9-11H2,1H3. The fourth-order valence-electron chi connectivity index (χ4n) is 2.95. The van der Waals surface area contributed by atoms with Gasteiger partial charge in [-0.1, -0.05) is 29.7 Å². The zero-order valence-corrected chi connectivity index (χ0v) is 13.4. The largest absolute Gasteiger partial charge is 0.396 e. The molecule has 0 saturated carbocycles. The van der Waals surface area contributed by atoms with Crippen LogP contribution in [-0.2, 0) is 6.54 Å². The number of hydrogen-bond acceptors (Lipinski definition) is 5. The van der Waals surface area contributed by atoms with Crippen LogP contribution in [0.2, 0.25) is 5.02 Å². The maximum absolute atomic E-state index is 9.52. The number of rotatable bonds is 4. The molecular weight excluding hydrogens is 302 g/mol. The molecule has 2 heterocycles. The summed E-state index contributed by atoms with van der Waals surface area (Å²) in [6.07, 6.45) is 2.13. The van der Waals surface area contributed by atoms with Gasteiger partial charge in [0.1, 0.15) is 0 Å². The summed E-state index contributed by atoms with van der Waals surface area (Å²) in [6, 6.07) is 7.38. The maximum Gasteiger partial charge on any atom is 0.258 e. The molecule has 1 aliphatic heterocycles. The Bertz CT molecular complexity index is 646. The number of nitrogens with zero attached hydrogens (tertiary/aromatic N) is 3. The third-order valence-electron chi connectivity index (χ3n) is 4.15. The van der Waals surface area contributed by atoms with E-state index in [4.69, 9.17) is 16.1 Å². The summed E-state index contributed by atoms with van der Waals surface area (Å²) in [6.45, 7) is 4.82. The number of benzene rings is 1. The normalized spacial score (nSPS) is 22.9. The summed E-state index contributed by atoms with van der Waals surface area (Å²) in [4.78, 5) is 6.72. The second-order valence-electron chi connectivity index (χ2n) is 6.31. The van der Waals surface area contributed by atoms with Crippen LogP contribution in [0.4, 0.5) is 0 Å². The topological polar surface area (TPSA) is 62.4 Å². The maximum atomic E-state index is 9.52. The molecule has 1 unspecified atom stereocenters. The number of halogens is 1. The molecule has 3 rings (SSSR count). The van der Waals surface area contributed by atoms with Crippen LogP contribution in [0.5, 0.6) is 0 Å². The highest BCUT2D eigenvalue weighted by molar-refractivity contribution is 6.30. The van der Waals surface area contributed by atoms with E-state index in [2.05, 4.69) is 22.0 Å². The van der Waals surface area contributed by atoms with Crippen LogP contribution in [0.1, 0.15) is 25.6 Å². The molecule has 6 heteroatoms. The van der Waals surface area contributed by atoms with Gasteiger partial charge >= 0.3 is 0 Å². The SMILES string of the molecule is CC1(CO)CCCN(Cc2noc(-c3cccc(Cl)c3)n2)C1. The molecule has 0 bridgehead atoms. The van der Waals surface area contributed by atoms with Gasteiger partial charge in [-0.2, -0.15) is 4.98 Å². The van der Waals surface area contributed by atoms with Crippen molar-refractivity contribution in [1.29, 1.82) is 0 Å². The molecule has 1 aromatic heterocycles. The first-order chi connectivity index (χ1) is 10.6. The van der Waals surface area contributed by atoms with Gasteiger partial charge in [-0.15, -0.1) is 0 Å². The molecule has 1 saturated heterocycles. The van der Waals surface area contributed by atoms with Crippen LogP contribution in [0.3, 0.4) is 0 Å². The van der Waals surface area contributed by atoms with Crippen molar-refractivity contribution in [2.24, 2.45) is 5.41 Å². The first kappa shape index (κ1) is 15.5. The Labute approximate surface area is 134 Å². The van der Waals surface area contributed by atoms with Crippen molar-refractivity contribution in [3.05, 3.63) is 35.1 Å². The molecule has 0 amide bonds. The highest BCUT2D eigenvalue weighted by Crippen LogP contribution is 2.29. The van der Waals surface area contributed by atoms with Crippen LogP contribution in [0.15, 0.2) is 28.8 Å². The van der Waals surface area contributed by atoms with Crippen molar-refractivity contribution in [2.45, 2.75) is 26.3 Å². The van der Waals surface area contributed by atoms with E-state index in [9.17, 15) is 5.11 Å². The summed E-state index contributed by atoms with van der Waals surface area (Å²) >= 11 is 5.98. The summed E-state index contributed by atoms with van der Waals surface area (Å²) in [5, 5.41) is 14.2. The van der Waals surface area contributed by atoms with E-state index < -0.39 is 0 Å². The fourth-order valence-corrected chi connectivity index (χ4v) is 3.14. The van der Waals surface area contributed by atoms with E-state index in [1.54, 1.807) is 0 Å². The van der Waals surface area contributed by atoms with Gasteiger partial charge in [0, 0.05) is 29.2 Å². The third-order valence-corrected chi connectivity index (χ3v) is 4.38. The monoisotopic (exact) mass is 321 g/mol. The van der Waals surface area contributed by atoms with Crippen LogP contribution in [-0.4, -0.2) is 39.8 Å². The summed E-state index contributed by atoms with van der Waals surface area (Å²) in [7, 11) is 0. The zero-order chi connectivity index (χ0) is 15.6. The Hall–Kier alpha value is -1.43. The van der Waals surface area contributed by atoms with Gasteiger partial charge in [0.15, 0.2) is 5.82 Å². The minimum atomic E-state index is -0.0300. The number of aliphatic hydroxyl groups is 1.